The van der Waals surface area contributed by atoms with E-state index >= 15 is 0 Å². The molecule has 122 valence electrons. The monoisotopic (exact) mass is 314 g/mol. The molecule has 0 aliphatic carbocycles. The van der Waals surface area contributed by atoms with Gasteiger partial charge in [-0.05, 0) is 57.6 Å². The Hall–Kier alpha value is -1.01. The van der Waals surface area contributed by atoms with Gasteiger partial charge in [0.05, 0.1) is 16.8 Å². The van der Waals surface area contributed by atoms with E-state index in [4.69, 9.17) is 9.31 Å². The normalized spacial score (nSPS) is 21.9. The van der Waals surface area contributed by atoms with Gasteiger partial charge in [0.1, 0.15) is 0 Å². The van der Waals surface area contributed by atoms with Gasteiger partial charge in [0.15, 0.2) is 0 Å². The van der Waals surface area contributed by atoms with Gasteiger partial charge in [-0.1, -0.05) is 19.1 Å². The summed E-state index contributed by atoms with van der Waals surface area (Å²) in [6.07, 6.45) is -3.69. The van der Waals surface area contributed by atoms with Crippen LogP contribution >= 0.6 is 0 Å². The molecule has 0 spiro atoms. The lowest BCUT2D eigenvalue weighted by molar-refractivity contribution is -0.137. The first kappa shape index (κ1) is 17.4. The fraction of sp³-hybridized carbons (Fsp3) is 0.625. The third-order valence-electron chi connectivity index (χ3n) is 4.66. The molecule has 0 amide bonds. The average molecular weight is 314 g/mol. The van der Waals surface area contributed by atoms with E-state index in [0.29, 0.717) is 6.32 Å². The molecule has 22 heavy (non-hydrogen) atoms. The molecule has 1 atom stereocenters. The fourth-order valence-corrected chi connectivity index (χ4v) is 2.49. The number of halogens is 3. The Kier molecular flexibility index (Phi) is 4.39. The molecule has 6 heteroatoms. The minimum Gasteiger partial charge on any atom is -0.403 e. The van der Waals surface area contributed by atoms with Crippen molar-refractivity contribution in [3.63, 3.8) is 0 Å². The Labute approximate surface area is 130 Å². The third kappa shape index (κ3) is 3.49. The second-order valence-electron chi connectivity index (χ2n) is 6.94. The van der Waals surface area contributed by atoms with Gasteiger partial charge < -0.3 is 9.31 Å². The average Bonchev–Trinajstić information content (AvgIpc) is 2.56. The lowest BCUT2D eigenvalue weighted by Crippen LogP contribution is -2.41. The van der Waals surface area contributed by atoms with Gasteiger partial charge >= 0.3 is 13.3 Å². The van der Waals surface area contributed by atoms with Crippen LogP contribution in [0.5, 0.6) is 0 Å². The van der Waals surface area contributed by atoms with Gasteiger partial charge in [0.2, 0.25) is 0 Å². The summed E-state index contributed by atoms with van der Waals surface area (Å²) >= 11 is 0. The van der Waals surface area contributed by atoms with Crippen molar-refractivity contribution >= 4 is 7.12 Å². The summed E-state index contributed by atoms with van der Waals surface area (Å²) in [6, 6.07) is 5.30. The van der Waals surface area contributed by atoms with Crippen LogP contribution < -0.4 is 0 Å². The van der Waals surface area contributed by atoms with Crippen molar-refractivity contribution in [2.24, 2.45) is 0 Å². The number of benzene rings is 1. The highest BCUT2D eigenvalue weighted by molar-refractivity contribution is 6.45. The molecule has 1 aliphatic rings. The van der Waals surface area contributed by atoms with Gasteiger partial charge in [0, 0.05) is 0 Å². The zero-order chi connectivity index (χ0) is 16.8. The van der Waals surface area contributed by atoms with Crippen molar-refractivity contribution in [3.8, 4) is 0 Å². The van der Waals surface area contributed by atoms with Crippen LogP contribution in [0.25, 0.3) is 0 Å². The van der Waals surface area contributed by atoms with E-state index in [2.05, 4.69) is 0 Å². The van der Waals surface area contributed by atoms with Gasteiger partial charge in [-0.15, -0.1) is 0 Å². The molecule has 1 aliphatic heterocycles. The standard InChI is InChI=1S/C16H22BF3O2/c1-11(10-17-21-14(2,3)15(4,5)22-17)12-6-8-13(9-7-12)16(18,19)20/h6-9,11H,10H2,1-5H3/t11-/m0/s1. The van der Waals surface area contributed by atoms with Crippen molar-refractivity contribution in [1.82, 2.24) is 0 Å². The smallest absolute Gasteiger partial charge is 0.403 e. The van der Waals surface area contributed by atoms with E-state index < -0.39 is 22.9 Å². The molecule has 1 fully saturated rings. The van der Waals surface area contributed by atoms with E-state index in [1.807, 2.05) is 34.6 Å². The van der Waals surface area contributed by atoms with Crippen LogP contribution in [-0.2, 0) is 15.5 Å². The predicted molar refractivity (Wildman–Crippen MR) is 80.7 cm³/mol. The summed E-state index contributed by atoms with van der Waals surface area (Å²) in [5.74, 6) is 0.0528. The Morgan fingerprint density at radius 1 is 1.00 bits per heavy atom. The van der Waals surface area contributed by atoms with E-state index in [1.165, 1.54) is 12.1 Å². The topological polar surface area (TPSA) is 18.5 Å². The molecule has 0 aromatic heterocycles. The maximum atomic E-state index is 12.6. The quantitative estimate of drug-likeness (QED) is 0.739. The molecule has 2 rings (SSSR count). The lowest BCUT2D eigenvalue weighted by atomic mass is 9.75. The molecule has 0 saturated carbocycles. The Balaban J connectivity index is 2.03. The highest BCUT2D eigenvalue weighted by Crippen LogP contribution is 2.39. The van der Waals surface area contributed by atoms with Crippen molar-refractivity contribution in [3.05, 3.63) is 35.4 Å². The first-order chi connectivity index (χ1) is 9.92. The van der Waals surface area contributed by atoms with Crippen LogP contribution in [0.4, 0.5) is 13.2 Å². The Morgan fingerprint density at radius 3 is 1.86 bits per heavy atom. The predicted octanol–water partition coefficient (Wildman–Crippen LogP) is 4.90. The number of hydrogen-bond acceptors (Lipinski definition) is 2. The largest absolute Gasteiger partial charge is 0.458 e. The maximum Gasteiger partial charge on any atom is 0.458 e. The van der Waals surface area contributed by atoms with Crippen molar-refractivity contribution in [2.45, 2.75) is 64.2 Å². The second-order valence-corrected chi connectivity index (χ2v) is 6.94. The summed E-state index contributed by atoms with van der Waals surface area (Å²) in [4.78, 5) is 0. The first-order valence-corrected chi connectivity index (χ1v) is 7.45. The van der Waals surface area contributed by atoms with Crippen LogP contribution in [-0.4, -0.2) is 18.3 Å². The van der Waals surface area contributed by atoms with Crippen molar-refractivity contribution in [2.75, 3.05) is 0 Å². The van der Waals surface area contributed by atoms with Gasteiger partial charge in [0.25, 0.3) is 0 Å². The zero-order valence-electron chi connectivity index (χ0n) is 13.6. The van der Waals surface area contributed by atoms with Gasteiger partial charge in [-0.3, -0.25) is 0 Å². The lowest BCUT2D eigenvalue weighted by Gasteiger charge is -2.32. The minimum absolute atomic E-state index is 0.0528. The van der Waals surface area contributed by atoms with E-state index in [-0.39, 0.29) is 13.0 Å². The highest BCUT2D eigenvalue weighted by atomic mass is 19.4. The molecule has 1 saturated heterocycles. The van der Waals surface area contributed by atoms with Crippen LogP contribution in [0.15, 0.2) is 24.3 Å². The minimum atomic E-state index is -4.30. The molecule has 1 heterocycles. The summed E-state index contributed by atoms with van der Waals surface area (Å²) in [6.45, 7) is 9.89. The molecular weight excluding hydrogens is 292 g/mol. The second kappa shape index (κ2) is 5.57. The van der Waals surface area contributed by atoms with Crippen LogP contribution in [0.1, 0.15) is 51.7 Å². The molecule has 0 N–H and O–H groups in total. The SMILES string of the molecule is C[C@@H](CB1OC(C)(C)C(C)(C)O1)c1ccc(C(F)(F)F)cc1. The molecule has 0 bridgehead atoms. The van der Waals surface area contributed by atoms with E-state index in [1.54, 1.807) is 0 Å². The number of alkyl halides is 3. The highest BCUT2D eigenvalue weighted by Gasteiger charge is 2.51. The Bertz CT molecular complexity index is 507. The summed E-state index contributed by atoms with van der Waals surface area (Å²) < 4.78 is 49.6. The molecular formula is C16H22BF3O2. The number of hydrogen-bond donors (Lipinski definition) is 0. The molecule has 2 nitrogen and oxygen atoms in total. The van der Waals surface area contributed by atoms with Crippen molar-refractivity contribution in [1.29, 1.82) is 0 Å². The summed E-state index contributed by atoms with van der Waals surface area (Å²) in [5, 5.41) is 0. The maximum absolute atomic E-state index is 12.6. The molecule has 1 aromatic rings. The fourth-order valence-electron chi connectivity index (χ4n) is 2.49. The van der Waals surface area contributed by atoms with Crippen molar-refractivity contribution < 1.29 is 22.5 Å². The van der Waals surface area contributed by atoms with Gasteiger partial charge in [-0.25, -0.2) is 0 Å². The molecule has 0 unspecified atom stereocenters. The molecule has 1 aromatic carbocycles. The Morgan fingerprint density at radius 2 is 1.45 bits per heavy atom. The summed E-state index contributed by atoms with van der Waals surface area (Å²) in [7, 11) is -0.345. The molecule has 0 radical (unpaired) electrons. The van der Waals surface area contributed by atoms with Crippen LogP contribution in [0, 0.1) is 0 Å². The number of rotatable bonds is 3. The third-order valence-corrected chi connectivity index (χ3v) is 4.66. The zero-order valence-corrected chi connectivity index (χ0v) is 13.6. The first-order valence-electron chi connectivity index (χ1n) is 7.45. The van der Waals surface area contributed by atoms with E-state index in [9.17, 15) is 13.2 Å². The summed E-state index contributed by atoms with van der Waals surface area (Å²) in [5.41, 5.74) is -0.559. The van der Waals surface area contributed by atoms with Crippen LogP contribution in [0.2, 0.25) is 6.32 Å². The van der Waals surface area contributed by atoms with E-state index in [0.717, 1.165) is 17.7 Å². The van der Waals surface area contributed by atoms with Gasteiger partial charge in [-0.2, -0.15) is 13.2 Å². The van der Waals surface area contributed by atoms with Crippen LogP contribution in [0.3, 0.4) is 0 Å².